The number of aromatic nitrogens is 1. The van der Waals surface area contributed by atoms with Crippen molar-refractivity contribution >= 4 is 29.1 Å². The first-order chi connectivity index (χ1) is 7.95. The first-order valence-corrected chi connectivity index (χ1v) is 5.97. The first-order valence-electron chi connectivity index (χ1n) is 5.21. The highest BCUT2D eigenvalue weighted by atomic mass is 35.5. The van der Waals surface area contributed by atoms with Crippen LogP contribution in [0.1, 0.15) is 24.3 Å². The summed E-state index contributed by atoms with van der Waals surface area (Å²) in [5.74, 6) is -0.233. The molecule has 0 unspecified atom stereocenters. The van der Waals surface area contributed by atoms with E-state index >= 15 is 0 Å². The molecule has 1 aromatic heterocycles. The van der Waals surface area contributed by atoms with Gasteiger partial charge in [0.05, 0.1) is 5.02 Å². The molecule has 0 aromatic carbocycles. The number of nitrogens with zero attached hydrogens (tertiary/aromatic N) is 2. The molecule has 1 heterocycles. The van der Waals surface area contributed by atoms with E-state index in [2.05, 4.69) is 11.6 Å². The lowest BCUT2D eigenvalue weighted by Gasteiger charge is -2.20. The summed E-state index contributed by atoms with van der Waals surface area (Å²) in [6.45, 7) is 8.59. The lowest BCUT2D eigenvalue weighted by molar-refractivity contribution is 0.0772. The Morgan fingerprint density at radius 2 is 2.12 bits per heavy atom. The van der Waals surface area contributed by atoms with Gasteiger partial charge >= 0.3 is 0 Å². The maximum Gasteiger partial charge on any atom is 0.274 e. The van der Waals surface area contributed by atoms with Crippen LogP contribution < -0.4 is 0 Å². The van der Waals surface area contributed by atoms with Crippen LogP contribution in [-0.2, 0) is 0 Å². The molecule has 1 aromatic rings. The van der Waals surface area contributed by atoms with E-state index in [4.69, 9.17) is 23.2 Å². The zero-order valence-electron chi connectivity index (χ0n) is 9.83. The maximum absolute atomic E-state index is 12.2. The molecule has 5 heteroatoms. The third-order valence-electron chi connectivity index (χ3n) is 2.14. The maximum atomic E-state index is 12.2. The molecular weight excluding hydrogens is 259 g/mol. The molecule has 0 saturated carbocycles. The number of amides is 1. The molecule has 0 saturated heterocycles. The van der Waals surface area contributed by atoms with Gasteiger partial charge in [0.15, 0.2) is 0 Å². The van der Waals surface area contributed by atoms with Gasteiger partial charge in [0.1, 0.15) is 10.8 Å². The molecule has 0 N–H and O–H groups in total. The molecule has 0 bridgehead atoms. The van der Waals surface area contributed by atoms with Crippen LogP contribution in [0.15, 0.2) is 24.3 Å². The molecule has 0 atom stereocenters. The van der Waals surface area contributed by atoms with E-state index in [1.165, 1.54) is 0 Å². The second kappa shape index (κ2) is 6.03. The first kappa shape index (κ1) is 14.0. The number of carbonyl (C=O) groups excluding carboxylic acids is 1. The van der Waals surface area contributed by atoms with E-state index in [0.29, 0.717) is 18.1 Å². The fraction of sp³-hybridized carbons (Fsp3) is 0.333. The molecule has 3 nitrogen and oxygen atoms in total. The third kappa shape index (κ3) is 3.72. The minimum absolute atomic E-state index is 0.183. The highest BCUT2D eigenvalue weighted by Gasteiger charge is 2.19. The molecule has 1 rings (SSSR count). The summed E-state index contributed by atoms with van der Waals surface area (Å²) < 4.78 is 0. The predicted octanol–water partition coefficient (Wildman–Crippen LogP) is 3.43. The van der Waals surface area contributed by atoms with Crippen LogP contribution in [0.2, 0.25) is 10.2 Å². The highest BCUT2D eigenvalue weighted by Crippen LogP contribution is 2.18. The normalized spacial score (nSPS) is 10.1. The summed E-state index contributed by atoms with van der Waals surface area (Å²) in [5, 5.41) is 0.559. The van der Waals surface area contributed by atoms with E-state index < -0.39 is 0 Å². The third-order valence-corrected chi connectivity index (χ3v) is 2.66. The van der Waals surface area contributed by atoms with Gasteiger partial charge in [0.25, 0.3) is 5.91 Å². The topological polar surface area (TPSA) is 33.2 Å². The Labute approximate surface area is 111 Å². The van der Waals surface area contributed by atoms with Crippen LogP contribution in [0.25, 0.3) is 0 Å². The van der Waals surface area contributed by atoms with E-state index in [9.17, 15) is 4.79 Å². The molecular formula is C12H14Cl2N2O. The standard InChI is InChI=1S/C12H14Cl2N2O/c1-4-16(7-8(2)3)12(17)11-9(13)5-6-10(14)15-11/h5-6H,2,4,7H2,1,3H3. The molecule has 0 spiro atoms. The molecule has 0 fully saturated rings. The summed E-state index contributed by atoms with van der Waals surface area (Å²) in [6, 6.07) is 3.12. The van der Waals surface area contributed by atoms with Crippen LogP contribution in [-0.4, -0.2) is 28.9 Å². The van der Waals surface area contributed by atoms with Gasteiger partial charge in [-0.15, -0.1) is 0 Å². The largest absolute Gasteiger partial charge is 0.334 e. The molecule has 0 aliphatic carbocycles. The second-order valence-electron chi connectivity index (χ2n) is 3.74. The van der Waals surface area contributed by atoms with Crippen molar-refractivity contribution in [3.05, 3.63) is 40.2 Å². The number of likely N-dealkylation sites (N-methyl/N-ethyl adjacent to an activating group) is 1. The van der Waals surface area contributed by atoms with Gasteiger partial charge in [0, 0.05) is 13.1 Å². The van der Waals surface area contributed by atoms with Crippen molar-refractivity contribution < 1.29 is 4.79 Å². The number of carbonyl (C=O) groups is 1. The van der Waals surface area contributed by atoms with Crippen molar-refractivity contribution in [1.82, 2.24) is 9.88 Å². The van der Waals surface area contributed by atoms with E-state index in [1.807, 2.05) is 13.8 Å². The average molecular weight is 273 g/mol. The lowest BCUT2D eigenvalue weighted by Crippen LogP contribution is -2.33. The van der Waals surface area contributed by atoms with Crippen molar-refractivity contribution in [2.75, 3.05) is 13.1 Å². The fourth-order valence-corrected chi connectivity index (χ4v) is 1.70. The SMILES string of the molecule is C=C(C)CN(CC)C(=O)c1nc(Cl)ccc1Cl. The number of halogens is 2. The zero-order chi connectivity index (χ0) is 13.0. The van der Waals surface area contributed by atoms with Crippen molar-refractivity contribution in [2.45, 2.75) is 13.8 Å². The van der Waals surface area contributed by atoms with Crippen LogP contribution in [0.5, 0.6) is 0 Å². The number of hydrogen-bond acceptors (Lipinski definition) is 2. The van der Waals surface area contributed by atoms with Crippen LogP contribution in [0.4, 0.5) is 0 Å². The summed E-state index contributed by atoms with van der Waals surface area (Å²) >= 11 is 11.7. The minimum Gasteiger partial charge on any atom is -0.334 e. The predicted molar refractivity (Wildman–Crippen MR) is 70.6 cm³/mol. The molecule has 17 heavy (non-hydrogen) atoms. The molecule has 0 aliphatic rings. The van der Waals surface area contributed by atoms with Gasteiger partial charge in [0.2, 0.25) is 0 Å². The summed E-state index contributed by atoms with van der Waals surface area (Å²) in [4.78, 5) is 17.7. The Morgan fingerprint density at radius 1 is 1.47 bits per heavy atom. The minimum atomic E-state index is -0.233. The summed E-state index contributed by atoms with van der Waals surface area (Å²) in [7, 11) is 0. The molecule has 0 aliphatic heterocycles. The Kier molecular flexibility index (Phi) is 4.97. The summed E-state index contributed by atoms with van der Waals surface area (Å²) in [6.07, 6.45) is 0. The number of pyridine rings is 1. The van der Waals surface area contributed by atoms with Gasteiger partial charge in [-0.2, -0.15) is 0 Å². The van der Waals surface area contributed by atoms with Crippen LogP contribution in [0, 0.1) is 0 Å². The quantitative estimate of drug-likeness (QED) is 0.622. The fourth-order valence-electron chi connectivity index (χ4n) is 1.37. The zero-order valence-corrected chi connectivity index (χ0v) is 11.3. The highest BCUT2D eigenvalue weighted by molar-refractivity contribution is 6.34. The smallest absolute Gasteiger partial charge is 0.274 e. The van der Waals surface area contributed by atoms with E-state index in [0.717, 1.165) is 5.57 Å². The van der Waals surface area contributed by atoms with Gasteiger partial charge in [-0.1, -0.05) is 35.4 Å². The Hall–Kier alpha value is -1.06. The van der Waals surface area contributed by atoms with Crippen LogP contribution >= 0.6 is 23.2 Å². The van der Waals surface area contributed by atoms with E-state index in [-0.39, 0.29) is 16.8 Å². The van der Waals surface area contributed by atoms with E-state index in [1.54, 1.807) is 17.0 Å². The van der Waals surface area contributed by atoms with Crippen LogP contribution in [0.3, 0.4) is 0 Å². The van der Waals surface area contributed by atoms with Gasteiger partial charge in [-0.3, -0.25) is 4.79 Å². The Morgan fingerprint density at radius 3 is 2.65 bits per heavy atom. The Balaban J connectivity index is 3.01. The van der Waals surface area contributed by atoms with Crippen molar-refractivity contribution in [3.63, 3.8) is 0 Å². The molecule has 1 amide bonds. The Bertz CT molecular complexity index is 446. The summed E-state index contributed by atoms with van der Waals surface area (Å²) in [5.41, 5.74) is 1.08. The lowest BCUT2D eigenvalue weighted by atomic mass is 10.2. The number of hydrogen-bond donors (Lipinski definition) is 0. The van der Waals surface area contributed by atoms with Crippen molar-refractivity contribution in [2.24, 2.45) is 0 Å². The second-order valence-corrected chi connectivity index (χ2v) is 4.54. The van der Waals surface area contributed by atoms with Crippen molar-refractivity contribution in [1.29, 1.82) is 0 Å². The monoisotopic (exact) mass is 272 g/mol. The van der Waals surface area contributed by atoms with Gasteiger partial charge < -0.3 is 4.90 Å². The van der Waals surface area contributed by atoms with Gasteiger partial charge in [-0.25, -0.2) is 4.98 Å². The molecule has 0 radical (unpaired) electrons. The average Bonchev–Trinajstić information content (AvgIpc) is 2.28. The van der Waals surface area contributed by atoms with Gasteiger partial charge in [-0.05, 0) is 26.0 Å². The molecule has 92 valence electrons. The number of rotatable bonds is 4. The van der Waals surface area contributed by atoms with Crippen molar-refractivity contribution in [3.8, 4) is 0 Å².